The van der Waals surface area contributed by atoms with Crippen LogP contribution in [0.1, 0.15) is 44.1 Å². The van der Waals surface area contributed by atoms with Crippen molar-refractivity contribution in [2.24, 2.45) is 5.73 Å². The first-order valence-electron chi connectivity index (χ1n) is 20.8. The van der Waals surface area contributed by atoms with Crippen LogP contribution in [0.15, 0.2) is 97.1 Å². The molecule has 0 aromatic heterocycles. The Morgan fingerprint density at radius 1 is 0.607 bits per heavy atom. The molecule has 2 aliphatic rings. The second-order valence-corrected chi connectivity index (χ2v) is 15.3. The van der Waals surface area contributed by atoms with E-state index in [1.165, 1.54) is 6.42 Å². The first kappa shape index (κ1) is 48.0. The summed E-state index contributed by atoms with van der Waals surface area (Å²) in [7, 11) is 0. The molecule has 2 unspecified atom stereocenters. The predicted octanol–water partition coefficient (Wildman–Crippen LogP) is 9.45. The van der Waals surface area contributed by atoms with Crippen LogP contribution in [-0.4, -0.2) is 99.5 Å². The number of rotatable bonds is 20. The Hall–Kier alpha value is -5.64. The smallest absolute Gasteiger partial charge is 0.187 e. The highest BCUT2D eigenvalue weighted by Gasteiger charge is 2.21. The van der Waals surface area contributed by atoms with Crippen LogP contribution < -0.4 is 30.0 Å². The quantitative estimate of drug-likeness (QED) is 0.0509. The van der Waals surface area contributed by atoms with Crippen LogP contribution in [0, 0.1) is 31.0 Å². The number of ether oxygens (including phenoxy) is 4. The normalized spacial score (nSPS) is 15.6. The van der Waals surface area contributed by atoms with E-state index in [1.807, 2.05) is 48.5 Å². The van der Waals surface area contributed by atoms with Crippen molar-refractivity contribution in [2.45, 2.75) is 50.6 Å². The summed E-state index contributed by atoms with van der Waals surface area (Å²) < 4.78 is 22.5. The van der Waals surface area contributed by atoms with Crippen molar-refractivity contribution in [3.63, 3.8) is 0 Å². The van der Waals surface area contributed by atoms with Gasteiger partial charge in [0.25, 0.3) is 0 Å². The Bertz CT molecular complexity index is 1990. The molecule has 61 heavy (non-hydrogen) atoms. The van der Waals surface area contributed by atoms with Gasteiger partial charge in [0.05, 0.1) is 57.8 Å². The number of nitriles is 1. The number of benzene rings is 4. The lowest BCUT2D eigenvalue weighted by atomic mass is 10.2. The molecule has 0 bridgehead atoms. The summed E-state index contributed by atoms with van der Waals surface area (Å²) in [4.78, 5) is 14.9. The van der Waals surface area contributed by atoms with Crippen LogP contribution in [-0.2, 0) is 0 Å². The van der Waals surface area contributed by atoms with Crippen LogP contribution in [0.3, 0.4) is 0 Å². The number of nitrogens with zero attached hydrogens (tertiary/aromatic N) is 6. The standard InChI is InChI=1S/C24H28N4O2.C14H19N3O.C10H10BrNO/c1-26-21-6-10-24(11-7-21)30-17-3-14-28-15-12-22(19-28)27-13-2-16-29-23-8-4-20(18-25)5-9-23;1-16-13-3-5-14(6-4-13)18-10-2-8-17-9-7-12(15)11-17;1-12-9-3-5-10(6-4-9)13-8-2-7-11/h4-11,22,27H,2-3,12-17,19H2;3-6,12H,2,7-11,15H2;3-6H,2,7-8H2. The number of hydrogen-bond donors (Lipinski definition) is 2. The van der Waals surface area contributed by atoms with Gasteiger partial charge in [-0.15, -0.1) is 0 Å². The molecular weight excluding hydrogens is 832 g/mol. The van der Waals surface area contributed by atoms with Crippen molar-refractivity contribution in [1.29, 1.82) is 5.26 Å². The van der Waals surface area contributed by atoms with E-state index in [1.54, 1.807) is 48.5 Å². The number of nitrogens with one attached hydrogen (secondary N) is 1. The number of likely N-dealkylation sites (tertiary alicyclic amines) is 2. The van der Waals surface area contributed by atoms with Gasteiger partial charge >= 0.3 is 0 Å². The number of alkyl halides is 1. The van der Waals surface area contributed by atoms with Gasteiger partial charge in [-0.3, -0.25) is 0 Å². The zero-order valence-corrected chi connectivity index (χ0v) is 36.5. The maximum atomic E-state index is 8.80. The molecule has 2 heterocycles. The van der Waals surface area contributed by atoms with E-state index < -0.39 is 0 Å². The largest absolute Gasteiger partial charge is 0.494 e. The lowest BCUT2D eigenvalue weighted by molar-refractivity contribution is 0.259. The fraction of sp³-hybridized carbons (Fsp3) is 0.417. The fourth-order valence-corrected chi connectivity index (χ4v) is 6.74. The molecule has 0 spiro atoms. The number of halogens is 1. The second-order valence-electron chi connectivity index (χ2n) is 14.5. The van der Waals surface area contributed by atoms with Crippen molar-refractivity contribution < 1.29 is 18.9 Å². The first-order chi connectivity index (χ1) is 29.9. The van der Waals surface area contributed by atoms with E-state index >= 15 is 0 Å². The third-order valence-electron chi connectivity index (χ3n) is 9.81. The predicted molar refractivity (Wildman–Crippen MR) is 245 cm³/mol. The summed E-state index contributed by atoms with van der Waals surface area (Å²) in [5, 5.41) is 13.4. The monoisotopic (exact) mass is 888 g/mol. The van der Waals surface area contributed by atoms with Gasteiger partial charge < -0.3 is 39.8 Å². The Kier molecular flexibility index (Phi) is 22.6. The number of nitrogens with two attached hydrogens (primary N) is 1. The zero-order chi connectivity index (χ0) is 43.3. The lowest BCUT2D eigenvalue weighted by Gasteiger charge is -2.17. The van der Waals surface area contributed by atoms with Crippen molar-refractivity contribution in [3.05, 3.63) is 137 Å². The molecule has 0 saturated carbocycles. The van der Waals surface area contributed by atoms with Crippen LogP contribution in [0.5, 0.6) is 23.0 Å². The Labute approximate surface area is 370 Å². The summed E-state index contributed by atoms with van der Waals surface area (Å²) in [6, 6.07) is 31.9. The van der Waals surface area contributed by atoms with Gasteiger partial charge in [0.15, 0.2) is 17.1 Å². The lowest BCUT2D eigenvalue weighted by Crippen LogP contribution is -2.34. The molecule has 2 aliphatic heterocycles. The maximum Gasteiger partial charge on any atom is 0.187 e. The van der Waals surface area contributed by atoms with E-state index in [4.69, 9.17) is 49.7 Å². The molecule has 2 saturated heterocycles. The summed E-state index contributed by atoms with van der Waals surface area (Å²) in [5.74, 6) is 3.30. The SMILES string of the molecule is [C-]#[N+]c1ccc(OCCCBr)cc1.[C-]#[N+]c1ccc(OCCCN2CCC(N)C2)cc1.[C-]#[N+]c1ccc(OCCCN2CCC(NCCCOc3ccc(C#N)cc3)C2)cc1. The molecule has 0 radical (unpaired) electrons. The summed E-state index contributed by atoms with van der Waals surface area (Å²) >= 11 is 3.33. The van der Waals surface area contributed by atoms with Gasteiger partial charge in [0.1, 0.15) is 23.0 Å². The van der Waals surface area contributed by atoms with Crippen LogP contribution in [0.2, 0.25) is 0 Å². The maximum absolute atomic E-state index is 8.80. The molecular formula is C48H57BrN8O4. The molecule has 4 aromatic rings. The van der Waals surface area contributed by atoms with Crippen LogP contribution in [0.4, 0.5) is 17.1 Å². The summed E-state index contributed by atoms with van der Waals surface area (Å²) in [6.07, 6.45) is 6.24. The van der Waals surface area contributed by atoms with Crippen molar-refractivity contribution >= 4 is 33.0 Å². The zero-order valence-electron chi connectivity index (χ0n) is 34.9. The topological polar surface area (TPSA) is 118 Å². The highest BCUT2D eigenvalue weighted by Crippen LogP contribution is 2.20. The highest BCUT2D eigenvalue weighted by molar-refractivity contribution is 9.09. The van der Waals surface area contributed by atoms with Gasteiger partial charge in [0, 0.05) is 43.6 Å². The second kappa shape index (κ2) is 28.8. The summed E-state index contributed by atoms with van der Waals surface area (Å²) in [5.41, 5.74) is 8.43. The Morgan fingerprint density at radius 3 is 1.43 bits per heavy atom. The van der Waals surface area contributed by atoms with E-state index in [0.717, 1.165) is 106 Å². The minimum Gasteiger partial charge on any atom is -0.494 e. The molecule has 0 amide bonds. The third-order valence-corrected chi connectivity index (χ3v) is 10.4. The van der Waals surface area contributed by atoms with E-state index in [-0.39, 0.29) is 0 Å². The van der Waals surface area contributed by atoms with Gasteiger partial charge in [-0.1, -0.05) is 52.3 Å². The first-order valence-corrected chi connectivity index (χ1v) is 22.0. The number of hydrogen-bond acceptors (Lipinski definition) is 9. The van der Waals surface area contributed by atoms with Gasteiger partial charge in [-0.2, -0.15) is 5.26 Å². The summed E-state index contributed by atoms with van der Waals surface area (Å²) in [6.45, 7) is 30.7. The van der Waals surface area contributed by atoms with E-state index in [9.17, 15) is 0 Å². The molecule has 3 N–H and O–H groups in total. The molecule has 0 aliphatic carbocycles. The van der Waals surface area contributed by atoms with Gasteiger partial charge in [0.2, 0.25) is 0 Å². The molecule has 6 rings (SSSR count). The van der Waals surface area contributed by atoms with Gasteiger partial charge in [-0.05, 0) is 119 Å². The van der Waals surface area contributed by atoms with Gasteiger partial charge in [-0.25, -0.2) is 14.5 Å². The Balaban J connectivity index is 0.000000223. The van der Waals surface area contributed by atoms with Crippen LogP contribution in [0.25, 0.3) is 14.5 Å². The van der Waals surface area contributed by atoms with E-state index in [2.05, 4.69) is 51.7 Å². The van der Waals surface area contributed by atoms with Crippen molar-refractivity contribution in [1.82, 2.24) is 15.1 Å². The minimum atomic E-state index is 0.354. The molecule has 13 heteroatoms. The third kappa shape index (κ3) is 19.5. The molecule has 2 fully saturated rings. The van der Waals surface area contributed by atoms with Crippen molar-refractivity contribution in [2.75, 3.05) is 77.6 Å². The highest BCUT2D eigenvalue weighted by atomic mass is 79.9. The Morgan fingerprint density at radius 2 is 1.02 bits per heavy atom. The minimum absolute atomic E-state index is 0.354. The average molecular weight is 890 g/mol. The van der Waals surface area contributed by atoms with E-state index in [0.29, 0.717) is 61.1 Å². The molecule has 2 atom stereocenters. The molecule has 320 valence electrons. The van der Waals surface area contributed by atoms with Crippen molar-refractivity contribution in [3.8, 4) is 29.1 Å². The molecule has 4 aromatic carbocycles. The van der Waals surface area contributed by atoms with Crippen LogP contribution >= 0.6 is 15.9 Å². The average Bonchev–Trinajstić information content (AvgIpc) is 3.95. The molecule has 12 nitrogen and oxygen atoms in total. The fourth-order valence-electron chi connectivity index (χ4n) is 6.51.